The van der Waals surface area contributed by atoms with Crippen LogP contribution in [0.5, 0.6) is 0 Å². The Hall–Kier alpha value is -4.39. The lowest BCUT2D eigenvalue weighted by atomic mass is 9.59. The van der Waals surface area contributed by atoms with Gasteiger partial charge < -0.3 is 19.9 Å². The molecule has 3 atom stereocenters. The number of benzene rings is 4. The van der Waals surface area contributed by atoms with Crippen molar-refractivity contribution in [2.45, 2.75) is 76.9 Å². The molecule has 4 aromatic rings. The van der Waals surface area contributed by atoms with E-state index in [4.69, 9.17) is 21.1 Å². The summed E-state index contributed by atoms with van der Waals surface area (Å²) in [6.07, 6.45) is 5.00. The minimum absolute atomic E-state index is 0.0519. The molecule has 0 aromatic heterocycles. The highest BCUT2D eigenvalue weighted by atomic mass is 35.5. The van der Waals surface area contributed by atoms with E-state index in [9.17, 15) is 14.7 Å². The number of unbranched alkanes of at least 4 members (excludes halogenated alkanes) is 3. The number of aliphatic carboxylic acids is 1. The largest absolute Gasteiger partial charge is 0.481 e. The van der Waals surface area contributed by atoms with Gasteiger partial charge in [0.1, 0.15) is 6.61 Å². The maximum Gasteiger partial charge on any atom is 0.336 e. The predicted octanol–water partition coefficient (Wildman–Crippen LogP) is 9.69. The van der Waals surface area contributed by atoms with Gasteiger partial charge in [-0.15, -0.1) is 0 Å². The summed E-state index contributed by atoms with van der Waals surface area (Å²) in [5.41, 5.74) is 3.07. The normalized spacial score (nSPS) is 18.9. The lowest BCUT2D eigenvalue weighted by Crippen LogP contribution is -2.57. The molecule has 50 heavy (non-hydrogen) atoms. The fraction of sp³-hybridized carbons (Fsp3) is 0.349. The number of hydrogen-bond acceptors (Lipinski definition) is 5. The summed E-state index contributed by atoms with van der Waals surface area (Å²) in [7, 11) is 0. The highest BCUT2D eigenvalue weighted by Gasteiger charge is 2.57. The molecule has 1 heterocycles. The van der Waals surface area contributed by atoms with E-state index in [1.165, 1.54) is 0 Å². The first kappa shape index (κ1) is 36.9. The van der Waals surface area contributed by atoms with E-state index in [2.05, 4.69) is 36.5 Å². The second kappa shape index (κ2) is 18.0. The van der Waals surface area contributed by atoms with Crippen molar-refractivity contribution in [1.29, 1.82) is 0 Å². The molecule has 1 aliphatic heterocycles. The summed E-state index contributed by atoms with van der Waals surface area (Å²) < 4.78 is 12.2. The minimum Gasteiger partial charge on any atom is -0.481 e. The topological polar surface area (TPSA) is 84.9 Å². The molecule has 0 aliphatic carbocycles. The van der Waals surface area contributed by atoms with Crippen LogP contribution in [-0.2, 0) is 25.7 Å². The van der Waals surface area contributed by atoms with Crippen LogP contribution in [0.15, 0.2) is 127 Å². The second-order valence-corrected chi connectivity index (χ2v) is 13.6. The third-order valence-electron chi connectivity index (χ3n) is 9.94. The zero-order valence-corrected chi connectivity index (χ0v) is 29.8. The number of rotatable bonds is 17. The van der Waals surface area contributed by atoms with Crippen LogP contribution in [0.3, 0.4) is 0 Å². The number of carboxylic acids is 1. The standard InChI is InChI=1S/C43H48ClNO5/c1-3-4-5-15-27-49-30-38-39(41(46)50-29-32-17-9-6-10-18-32)40(35-23-16-24-36(44)28-35)43(42(47)48,31(2)45-38)26-25-37(33-19-11-7-12-20-33)34-21-13-8-14-22-34/h6-14,16-24,28,31,37,40,45H,3-5,15,25-27,29-30H2,1-2H3,(H,47,48). The third kappa shape index (κ3) is 8.85. The molecule has 0 saturated heterocycles. The van der Waals surface area contributed by atoms with Crippen molar-refractivity contribution in [3.8, 4) is 0 Å². The molecule has 0 spiro atoms. The van der Waals surface area contributed by atoms with Crippen molar-refractivity contribution in [2.75, 3.05) is 13.2 Å². The summed E-state index contributed by atoms with van der Waals surface area (Å²) in [6, 6.07) is 36.5. The number of carbonyl (C=O) groups excluding carboxylic acids is 1. The highest BCUT2D eigenvalue weighted by molar-refractivity contribution is 6.30. The van der Waals surface area contributed by atoms with Crippen LogP contribution in [0, 0.1) is 5.41 Å². The van der Waals surface area contributed by atoms with Crippen molar-refractivity contribution in [3.05, 3.63) is 154 Å². The van der Waals surface area contributed by atoms with Crippen LogP contribution in [0.1, 0.15) is 86.5 Å². The Morgan fingerprint density at radius 3 is 2.08 bits per heavy atom. The van der Waals surface area contributed by atoms with Gasteiger partial charge in [-0.25, -0.2) is 4.79 Å². The van der Waals surface area contributed by atoms with E-state index in [0.29, 0.717) is 29.3 Å². The summed E-state index contributed by atoms with van der Waals surface area (Å²) in [4.78, 5) is 28.4. The predicted molar refractivity (Wildman–Crippen MR) is 199 cm³/mol. The molecule has 4 aromatic carbocycles. The molecule has 0 amide bonds. The van der Waals surface area contributed by atoms with Gasteiger partial charge in [0.2, 0.25) is 0 Å². The van der Waals surface area contributed by atoms with Crippen LogP contribution in [-0.4, -0.2) is 36.3 Å². The Labute approximate surface area is 301 Å². The number of carbonyl (C=O) groups is 2. The fourth-order valence-corrected chi connectivity index (χ4v) is 7.52. The Kier molecular flexibility index (Phi) is 13.3. The summed E-state index contributed by atoms with van der Waals surface area (Å²) >= 11 is 6.59. The molecule has 262 valence electrons. The molecular formula is C43H48ClNO5. The average Bonchev–Trinajstić information content (AvgIpc) is 3.13. The monoisotopic (exact) mass is 693 g/mol. The maximum absolute atomic E-state index is 14.4. The summed E-state index contributed by atoms with van der Waals surface area (Å²) in [5, 5.41) is 15.4. The number of nitrogens with one attached hydrogen (secondary N) is 1. The van der Waals surface area contributed by atoms with Gasteiger partial charge in [0.05, 0.1) is 17.6 Å². The quantitative estimate of drug-likeness (QED) is 0.0846. The van der Waals surface area contributed by atoms with Gasteiger partial charge in [0.15, 0.2) is 0 Å². The first-order valence-corrected chi connectivity index (χ1v) is 18.1. The van der Waals surface area contributed by atoms with Gasteiger partial charge in [0.25, 0.3) is 0 Å². The summed E-state index contributed by atoms with van der Waals surface area (Å²) in [6.45, 7) is 4.79. The maximum atomic E-state index is 14.4. The van der Waals surface area contributed by atoms with E-state index in [1.54, 1.807) is 12.1 Å². The Morgan fingerprint density at radius 2 is 1.48 bits per heavy atom. The van der Waals surface area contributed by atoms with E-state index in [0.717, 1.165) is 42.4 Å². The van der Waals surface area contributed by atoms with Crippen molar-refractivity contribution in [1.82, 2.24) is 5.32 Å². The number of ether oxygens (including phenoxy) is 2. The first-order valence-electron chi connectivity index (χ1n) is 17.7. The second-order valence-electron chi connectivity index (χ2n) is 13.2. The van der Waals surface area contributed by atoms with E-state index in [-0.39, 0.29) is 31.1 Å². The van der Waals surface area contributed by atoms with Crippen LogP contribution in [0.25, 0.3) is 0 Å². The number of esters is 1. The lowest BCUT2D eigenvalue weighted by Gasteiger charge is -2.48. The lowest BCUT2D eigenvalue weighted by molar-refractivity contribution is -0.154. The van der Waals surface area contributed by atoms with Crippen molar-refractivity contribution < 1.29 is 24.2 Å². The Balaban J connectivity index is 1.60. The van der Waals surface area contributed by atoms with Gasteiger partial charge in [0, 0.05) is 35.2 Å². The molecule has 2 N–H and O–H groups in total. The minimum atomic E-state index is -1.45. The Morgan fingerprint density at radius 1 is 0.840 bits per heavy atom. The molecule has 5 rings (SSSR count). The van der Waals surface area contributed by atoms with Gasteiger partial charge in [-0.3, -0.25) is 4.79 Å². The number of hydrogen-bond donors (Lipinski definition) is 2. The van der Waals surface area contributed by atoms with Crippen molar-refractivity contribution >= 4 is 23.5 Å². The molecule has 7 heteroatoms. The van der Waals surface area contributed by atoms with Crippen molar-refractivity contribution in [3.63, 3.8) is 0 Å². The molecule has 1 aliphatic rings. The molecule has 6 nitrogen and oxygen atoms in total. The molecule has 0 bridgehead atoms. The van der Waals surface area contributed by atoms with Crippen LogP contribution >= 0.6 is 11.6 Å². The van der Waals surface area contributed by atoms with Crippen molar-refractivity contribution in [2.24, 2.45) is 5.41 Å². The average molecular weight is 694 g/mol. The van der Waals surface area contributed by atoms with E-state index in [1.807, 2.05) is 85.8 Å². The number of halogens is 1. The first-order chi connectivity index (χ1) is 24.3. The highest BCUT2D eigenvalue weighted by Crippen LogP contribution is 2.53. The van der Waals surface area contributed by atoms with Crippen LogP contribution < -0.4 is 5.32 Å². The molecule has 0 radical (unpaired) electrons. The van der Waals surface area contributed by atoms with Gasteiger partial charge >= 0.3 is 11.9 Å². The van der Waals surface area contributed by atoms with Gasteiger partial charge in [-0.2, -0.15) is 0 Å². The van der Waals surface area contributed by atoms with Gasteiger partial charge in [-0.05, 0) is 60.6 Å². The SMILES string of the molecule is CCCCCCOCC1=C(C(=O)OCc2ccccc2)C(c2cccc(Cl)c2)C(CCC(c2ccccc2)c2ccccc2)(C(=O)O)C(C)N1. The smallest absolute Gasteiger partial charge is 0.336 e. The third-order valence-corrected chi connectivity index (χ3v) is 10.2. The van der Waals surface area contributed by atoms with Crippen LogP contribution in [0.4, 0.5) is 0 Å². The van der Waals surface area contributed by atoms with E-state index < -0.39 is 29.3 Å². The van der Waals surface area contributed by atoms with E-state index >= 15 is 0 Å². The number of carboxylic acid groups (broad SMARTS) is 1. The fourth-order valence-electron chi connectivity index (χ4n) is 7.32. The van der Waals surface area contributed by atoms with Gasteiger partial charge in [-0.1, -0.05) is 141 Å². The molecule has 0 saturated carbocycles. The zero-order valence-electron chi connectivity index (χ0n) is 29.0. The van der Waals surface area contributed by atoms with Crippen LogP contribution in [0.2, 0.25) is 5.02 Å². The molecular weight excluding hydrogens is 646 g/mol. The molecule has 3 unspecified atom stereocenters. The zero-order chi connectivity index (χ0) is 35.3. The molecule has 0 fully saturated rings. The Bertz CT molecular complexity index is 1670. The summed E-state index contributed by atoms with van der Waals surface area (Å²) in [5.74, 6) is -2.50.